The Balaban J connectivity index is 2.95. The molecule has 0 radical (unpaired) electrons. The molecule has 0 heterocycles. The first-order valence-corrected chi connectivity index (χ1v) is 9.48. The van der Waals surface area contributed by atoms with Gasteiger partial charge in [-0.25, -0.2) is 13.1 Å². The van der Waals surface area contributed by atoms with Gasteiger partial charge in [0.2, 0.25) is 10.0 Å². The first kappa shape index (κ1) is 17.8. The molecule has 0 bridgehead atoms. The van der Waals surface area contributed by atoms with Crippen LogP contribution in [0.3, 0.4) is 0 Å². The lowest BCUT2D eigenvalue weighted by Crippen LogP contribution is -2.27. The van der Waals surface area contributed by atoms with Crippen LogP contribution in [-0.4, -0.2) is 26.5 Å². The predicted octanol–water partition coefficient (Wildman–Crippen LogP) is 2.53. The molecule has 1 unspecified atom stereocenters. The van der Waals surface area contributed by atoms with Crippen molar-refractivity contribution < 1.29 is 8.42 Å². The van der Waals surface area contributed by atoms with Gasteiger partial charge in [0.25, 0.3) is 0 Å². The van der Waals surface area contributed by atoms with Gasteiger partial charge in [0.15, 0.2) is 0 Å². The van der Waals surface area contributed by atoms with E-state index < -0.39 is 10.0 Å². The van der Waals surface area contributed by atoms with Crippen LogP contribution in [0.2, 0.25) is 5.02 Å². The van der Waals surface area contributed by atoms with Gasteiger partial charge in [0.1, 0.15) is 0 Å². The van der Waals surface area contributed by atoms with E-state index in [0.717, 1.165) is 12.0 Å². The Bertz CT molecular complexity index is 562. The van der Waals surface area contributed by atoms with E-state index in [2.05, 4.69) is 11.6 Å². The number of nitrogens with one attached hydrogen (secondary N) is 1. The summed E-state index contributed by atoms with van der Waals surface area (Å²) in [7, 11) is -3.55. The van der Waals surface area contributed by atoms with Crippen molar-refractivity contribution in [1.82, 2.24) is 4.72 Å². The van der Waals surface area contributed by atoms with E-state index in [1.54, 1.807) is 24.8 Å². The smallest absolute Gasteiger partial charge is 0.240 e. The van der Waals surface area contributed by atoms with E-state index in [1.165, 1.54) is 6.07 Å². The lowest BCUT2D eigenvalue weighted by Gasteiger charge is -2.14. The maximum Gasteiger partial charge on any atom is 0.240 e. The van der Waals surface area contributed by atoms with Crippen LogP contribution in [0, 0.1) is 6.92 Å². The van der Waals surface area contributed by atoms with E-state index in [1.807, 2.05) is 6.26 Å². The molecule has 1 aromatic rings. The fourth-order valence-electron chi connectivity index (χ4n) is 1.79. The van der Waals surface area contributed by atoms with Gasteiger partial charge in [-0.15, -0.1) is 0 Å². The summed E-state index contributed by atoms with van der Waals surface area (Å²) in [5.74, 6) is 0. The van der Waals surface area contributed by atoms with E-state index in [0.29, 0.717) is 22.4 Å². The number of nitrogens with two attached hydrogens (primary N) is 1. The van der Waals surface area contributed by atoms with Crippen molar-refractivity contribution in [2.75, 3.05) is 12.8 Å². The molecule has 0 saturated carbocycles. The van der Waals surface area contributed by atoms with Crippen LogP contribution in [0.1, 0.15) is 24.5 Å². The van der Waals surface area contributed by atoms with Crippen molar-refractivity contribution in [2.24, 2.45) is 5.73 Å². The Kier molecular flexibility index (Phi) is 6.81. The molecule has 0 saturated heterocycles. The molecule has 0 fully saturated rings. The van der Waals surface area contributed by atoms with Crippen molar-refractivity contribution in [3.05, 3.63) is 28.3 Å². The molecule has 114 valence electrons. The highest BCUT2D eigenvalue weighted by molar-refractivity contribution is 7.99. The molecule has 7 heteroatoms. The maximum atomic E-state index is 12.3. The standard InChI is InChI=1S/C13H21ClN2O2S2/c1-9(19-3)4-5-16-20(17,18)13-7-12(14)6-11(8-15)10(13)2/h6-7,9,16H,4-5,8,15H2,1-3H3. The molecule has 0 spiro atoms. The zero-order valence-corrected chi connectivity index (χ0v) is 14.3. The molecular weight excluding hydrogens is 316 g/mol. The summed E-state index contributed by atoms with van der Waals surface area (Å²) >= 11 is 7.67. The lowest BCUT2D eigenvalue weighted by atomic mass is 10.1. The molecule has 1 atom stereocenters. The van der Waals surface area contributed by atoms with Crippen molar-refractivity contribution in [3.8, 4) is 0 Å². The van der Waals surface area contributed by atoms with Crippen LogP contribution in [-0.2, 0) is 16.6 Å². The van der Waals surface area contributed by atoms with Crippen LogP contribution < -0.4 is 10.5 Å². The van der Waals surface area contributed by atoms with Crippen LogP contribution in [0.25, 0.3) is 0 Å². The Morgan fingerprint density at radius 1 is 1.45 bits per heavy atom. The van der Waals surface area contributed by atoms with Crippen LogP contribution in [0.4, 0.5) is 0 Å². The molecule has 1 aromatic carbocycles. The third-order valence-corrected chi connectivity index (χ3v) is 6.03. The second-order valence-electron chi connectivity index (χ2n) is 4.62. The van der Waals surface area contributed by atoms with Crippen LogP contribution >= 0.6 is 23.4 Å². The van der Waals surface area contributed by atoms with Gasteiger partial charge in [-0.1, -0.05) is 18.5 Å². The highest BCUT2D eigenvalue weighted by Gasteiger charge is 2.19. The first-order valence-electron chi connectivity index (χ1n) is 6.33. The van der Waals surface area contributed by atoms with Gasteiger partial charge in [0, 0.05) is 23.4 Å². The number of sulfonamides is 1. The molecule has 0 aliphatic heterocycles. The number of hydrogen-bond acceptors (Lipinski definition) is 4. The Morgan fingerprint density at radius 3 is 2.65 bits per heavy atom. The molecular formula is C13H21ClN2O2S2. The summed E-state index contributed by atoms with van der Waals surface area (Å²) in [6.07, 6.45) is 2.79. The van der Waals surface area contributed by atoms with Crippen molar-refractivity contribution in [3.63, 3.8) is 0 Å². The van der Waals surface area contributed by atoms with Crippen molar-refractivity contribution in [2.45, 2.75) is 37.0 Å². The zero-order chi connectivity index (χ0) is 15.3. The molecule has 3 N–H and O–H groups in total. The second-order valence-corrected chi connectivity index (χ2v) is 8.07. The molecule has 1 rings (SSSR count). The SMILES string of the molecule is CSC(C)CCNS(=O)(=O)c1cc(Cl)cc(CN)c1C. The van der Waals surface area contributed by atoms with Crippen molar-refractivity contribution in [1.29, 1.82) is 0 Å². The largest absolute Gasteiger partial charge is 0.326 e. The fraction of sp³-hybridized carbons (Fsp3) is 0.538. The highest BCUT2D eigenvalue weighted by atomic mass is 35.5. The van der Waals surface area contributed by atoms with E-state index in [-0.39, 0.29) is 11.4 Å². The normalized spacial score (nSPS) is 13.4. The average molecular weight is 337 g/mol. The summed E-state index contributed by atoms with van der Waals surface area (Å²) in [6, 6.07) is 3.17. The van der Waals surface area contributed by atoms with E-state index in [9.17, 15) is 8.42 Å². The second kappa shape index (κ2) is 7.66. The molecule has 0 aliphatic carbocycles. The number of halogens is 1. The summed E-state index contributed by atoms with van der Waals surface area (Å²) < 4.78 is 27.3. The fourth-order valence-corrected chi connectivity index (χ4v) is 3.81. The summed E-state index contributed by atoms with van der Waals surface area (Å²) in [4.78, 5) is 0.210. The minimum atomic E-state index is -3.55. The van der Waals surface area contributed by atoms with E-state index >= 15 is 0 Å². The number of benzene rings is 1. The minimum absolute atomic E-state index is 0.210. The van der Waals surface area contributed by atoms with Crippen molar-refractivity contribution >= 4 is 33.4 Å². The Hall–Kier alpha value is -0.270. The van der Waals surface area contributed by atoms with Crippen LogP contribution in [0.5, 0.6) is 0 Å². The highest BCUT2D eigenvalue weighted by Crippen LogP contribution is 2.24. The molecule has 4 nitrogen and oxygen atoms in total. The first-order chi connectivity index (χ1) is 9.31. The number of rotatable bonds is 7. The van der Waals surface area contributed by atoms with Gasteiger partial charge in [0.05, 0.1) is 4.90 Å². The topological polar surface area (TPSA) is 72.2 Å². The minimum Gasteiger partial charge on any atom is -0.326 e. The lowest BCUT2D eigenvalue weighted by molar-refractivity contribution is 0.578. The van der Waals surface area contributed by atoms with Gasteiger partial charge < -0.3 is 5.73 Å². The van der Waals surface area contributed by atoms with Gasteiger partial charge in [-0.05, 0) is 42.9 Å². The average Bonchev–Trinajstić information content (AvgIpc) is 2.40. The molecule has 0 aromatic heterocycles. The zero-order valence-electron chi connectivity index (χ0n) is 11.9. The number of hydrogen-bond donors (Lipinski definition) is 2. The van der Waals surface area contributed by atoms with Gasteiger partial charge in [-0.3, -0.25) is 0 Å². The summed E-state index contributed by atoms with van der Waals surface area (Å²) in [6.45, 7) is 4.49. The monoisotopic (exact) mass is 336 g/mol. The van der Waals surface area contributed by atoms with Crippen LogP contribution in [0.15, 0.2) is 17.0 Å². The van der Waals surface area contributed by atoms with Gasteiger partial charge >= 0.3 is 0 Å². The molecule has 0 amide bonds. The molecule has 20 heavy (non-hydrogen) atoms. The Morgan fingerprint density at radius 2 is 2.10 bits per heavy atom. The maximum absolute atomic E-state index is 12.3. The number of thioether (sulfide) groups is 1. The molecule has 0 aliphatic rings. The summed E-state index contributed by atoms with van der Waals surface area (Å²) in [5.41, 5.74) is 7.01. The van der Waals surface area contributed by atoms with E-state index in [4.69, 9.17) is 17.3 Å². The Labute approximate surface area is 130 Å². The third kappa shape index (κ3) is 4.63. The summed E-state index contributed by atoms with van der Waals surface area (Å²) in [5, 5.41) is 0.798. The third-order valence-electron chi connectivity index (χ3n) is 3.19. The predicted molar refractivity (Wildman–Crippen MR) is 86.9 cm³/mol. The van der Waals surface area contributed by atoms with Gasteiger partial charge in [-0.2, -0.15) is 11.8 Å². The quantitative estimate of drug-likeness (QED) is 0.802.